The van der Waals surface area contributed by atoms with Crippen molar-refractivity contribution in [2.45, 2.75) is 97.2 Å². The van der Waals surface area contributed by atoms with Crippen LogP contribution in [0.4, 0.5) is 0 Å². The first-order valence-electron chi connectivity index (χ1n) is 13.4. The molecule has 0 bridgehead atoms. The first-order chi connectivity index (χ1) is 15.9. The average Bonchev–Trinajstić information content (AvgIpc) is 3.11. The van der Waals surface area contributed by atoms with Crippen LogP contribution in [0.2, 0.25) is 0 Å². The largest absolute Gasteiger partial charge is 1.00 e. The predicted octanol–water partition coefficient (Wildman–Crippen LogP) is 0.0587. The number of rotatable bonds is 7. The first kappa shape index (κ1) is 29.9. The molecule has 4 saturated carbocycles. The number of hydrogen-bond donors (Lipinski definition) is 3. The second-order valence-electron chi connectivity index (χ2n) is 12.5. The van der Waals surface area contributed by atoms with Crippen LogP contribution in [-0.4, -0.2) is 53.6 Å². The molecule has 0 heterocycles. The molecular weight excluding hydrogens is 477 g/mol. The van der Waals surface area contributed by atoms with Crippen molar-refractivity contribution in [3.8, 4) is 0 Å². The van der Waals surface area contributed by atoms with Crippen LogP contribution in [0.3, 0.4) is 0 Å². The second-order valence-corrected chi connectivity index (χ2v) is 14.0. The Labute approximate surface area is 233 Å². The molecule has 4 fully saturated rings. The van der Waals surface area contributed by atoms with E-state index in [-0.39, 0.29) is 71.0 Å². The molecule has 1 unspecified atom stereocenters. The van der Waals surface area contributed by atoms with Crippen molar-refractivity contribution >= 4 is 16.0 Å². The third-order valence-electron chi connectivity index (χ3n) is 11.0. The van der Waals surface area contributed by atoms with Crippen LogP contribution in [0, 0.1) is 46.3 Å². The molecule has 7 nitrogen and oxygen atoms in total. The van der Waals surface area contributed by atoms with Crippen molar-refractivity contribution in [3.05, 3.63) is 0 Å². The van der Waals surface area contributed by atoms with Crippen LogP contribution in [-0.2, 0) is 14.9 Å². The van der Waals surface area contributed by atoms with Crippen molar-refractivity contribution in [3.63, 3.8) is 0 Å². The molecule has 10 atom stereocenters. The zero-order valence-electron chi connectivity index (χ0n) is 22.0. The van der Waals surface area contributed by atoms with Gasteiger partial charge in [-0.05, 0) is 104 Å². The maximum Gasteiger partial charge on any atom is 1.00 e. The molecule has 0 aromatic heterocycles. The number of carbonyl (C=O) groups is 1. The van der Waals surface area contributed by atoms with Crippen LogP contribution in [0.15, 0.2) is 0 Å². The first-order valence-corrected chi connectivity index (χ1v) is 15.0. The van der Waals surface area contributed by atoms with E-state index in [0.29, 0.717) is 42.4 Å². The molecular formula is C26H44NNaO6S. The van der Waals surface area contributed by atoms with Gasteiger partial charge in [0.15, 0.2) is 0 Å². The molecule has 9 heteroatoms. The van der Waals surface area contributed by atoms with E-state index in [1.165, 1.54) is 12.8 Å². The molecule has 0 radical (unpaired) electrons. The summed E-state index contributed by atoms with van der Waals surface area (Å²) in [7, 11) is -4.32. The van der Waals surface area contributed by atoms with Crippen molar-refractivity contribution in [1.82, 2.24) is 5.32 Å². The number of aliphatic hydroxyl groups is 2. The van der Waals surface area contributed by atoms with Gasteiger partial charge in [-0.25, -0.2) is 8.42 Å². The summed E-state index contributed by atoms with van der Waals surface area (Å²) < 4.78 is 32.2. The van der Waals surface area contributed by atoms with E-state index in [2.05, 4.69) is 26.1 Å². The maximum atomic E-state index is 12.2. The van der Waals surface area contributed by atoms with Gasteiger partial charge in [0.25, 0.3) is 0 Å². The molecule has 3 N–H and O–H groups in total. The fourth-order valence-corrected chi connectivity index (χ4v) is 9.48. The molecule has 0 saturated heterocycles. The van der Waals surface area contributed by atoms with E-state index in [0.717, 1.165) is 38.5 Å². The summed E-state index contributed by atoms with van der Waals surface area (Å²) >= 11 is 0. The van der Waals surface area contributed by atoms with Gasteiger partial charge in [-0.2, -0.15) is 0 Å². The zero-order valence-corrected chi connectivity index (χ0v) is 24.9. The molecule has 35 heavy (non-hydrogen) atoms. The molecule has 196 valence electrons. The van der Waals surface area contributed by atoms with Crippen LogP contribution >= 0.6 is 0 Å². The van der Waals surface area contributed by atoms with Crippen molar-refractivity contribution < 1.29 is 57.5 Å². The number of amides is 1. The van der Waals surface area contributed by atoms with Gasteiger partial charge in [0, 0.05) is 13.0 Å². The minimum absolute atomic E-state index is 0. The molecule has 1 amide bonds. The van der Waals surface area contributed by atoms with Crippen LogP contribution in [0.25, 0.3) is 0 Å². The Balaban J connectivity index is 0.00000342. The summed E-state index contributed by atoms with van der Waals surface area (Å²) in [4.78, 5) is 12.2. The Kier molecular flexibility index (Phi) is 9.54. The maximum absolute atomic E-state index is 12.2. The summed E-state index contributed by atoms with van der Waals surface area (Å²) in [5, 5.41) is 24.4. The van der Waals surface area contributed by atoms with Crippen LogP contribution in [0.5, 0.6) is 0 Å². The quantitative estimate of drug-likeness (QED) is 0.321. The normalized spacial score (nSPS) is 43.8. The standard InChI is InChI=1S/C26H45NO6S.Na/c1-16(4-9-24(30)27-12-13-34(31,32)33)20-7-8-21-19-6-5-17-14-18(28)10-11-25(17,2)22(19)15-23(29)26(20,21)3;/h16-23,28-29H,4-15H2,1-3H3,(H,27,30)(H,31,32,33);/q;+1/p-1/t16-,17?,18-,19+,20-,21+,22+,23+,25+,26-;/m1./s1. The third-order valence-corrected chi connectivity index (χ3v) is 11.7. The Morgan fingerprint density at radius 3 is 2.49 bits per heavy atom. The summed E-state index contributed by atoms with van der Waals surface area (Å²) in [6.07, 6.45) is 8.85. The summed E-state index contributed by atoms with van der Waals surface area (Å²) in [5.41, 5.74) is 0.0922. The SMILES string of the molecule is C[C@H](CCC(=O)NCCS(=O)(=O)[O-])[C@H]1CC[C@H]2[C@@H]3CCC4C[C@H](O)CC[C@]4(C)[C@H]3C[C@H](O)[C@]12C.[Na+]. The van der Waals surface area contributed by atoms with E-state index < -0.39 is 15.9 Å². The van der Waals surface area contributed by atoms with E-state index in [4.69, 9.17) is 0 Å². The van der Waals surface area contributed by atoms with E-state index in [1.54, 1.807) is 0 Å². The topological polar surface area (TPSA) is 127 Å². The Hall–Kier alpha value is 0.300. The fraction of sp³-hybridized carbons (Fsp3) is 0.962. The molecule has 0 aliphatic heterocycles. The molecule has 4 aliphatic rings. The average molecular weight is 522 g/mol. The van der Waals surface area contributed by atoms with Gasteiger partial charge in [0.1, 0.15) is 0 Å². The Morgan fingerprint density at radius 1 is 1.09 bits per heavy atom. The van der Waals surface area contributed by atoms with Crippen molar-refractivity contribution in [2.24, 2.45) is 46.3 Å². The van der Waals surface area contributed by atoms with E-state index in [1.807, 2.05) is 0 Å². The molecule has 4 rings (SSSR count). The second kappa shape index (κ2) is 11.2. The molecule has 0 spiro atoms. The molecule has 0 aromatic carbocycles. The Bertz CT molecular complexity index is 870. The van der Waals surface area contributed by atoms with Crippen LogP contribution < -0.4 is 34.9 Å². The minimum Gasteiger partial charge on any atom is -0.748 e. The van der Waals surface area contributed by atoms with Gasteiger partial charge in [0.2, 0.25) is 5.91 Å². The number of hydrogen-bond acceptors (Lipinski definition) is 6. The fourth-order valence-electron chi connectivity index (χ4n) is 9.12. The smallest absolute Gasteiger partial charge is 0.748 e. The van der Waals surface area contributed by atoms with Crippen molar-refractivity contribution in [2.75, 3.05) is 12.3 Å². The molecule has 4 aliphatic carbocycles. The minimum atomic E-state index is -4.32. The number of fused-ring (bicyclic) bond motifs is 5. The predicted molar refractivity (Wildman–Crippen MR) is 129 cm³/mol. The number of carbonyl (C=O) groups excluding carboxylic acids is 1. The van der Waals surface area contributed by atoms with Gasteiger partial charge >= 0.3 is 29.6 Å². The zero-order chi connectivity index (χ0) is 24.9. The van der Waals surface area contributed by atoms with Crippen molar-refractivity contribution in [1.29, 1.82) is 0 Å². The van der Waals surface area contributed by atoms with E-state index >= 15 is 0 Å². The van der Waals surface area contributed by atoms with Gasteiger partial charge < -0.3 is 20.1 Å². The summed E-state index contributed by atoms with van der Waals surface area (Å²) in [6.45, 7) is 6.78. The Morgan fingerprint density at radius 2 is 1.80 bits per heavy atom. The monoisotopic (exact) mass is 521 g/mol. The number of aliphatic hydroxyl groups excluding tert-OH is 2. The van der Waals surface area contributed by atoms with E-state index in [9.17, 15) is 28.0 Å². The van der Waals surface area contributed by atoms with Gasteiger partial charge in [-0.1, -0.05) is 20.8 Å². The number of nitrogens with one attached hydrogen (secondary N) is 1. The summed E-state index contributed by atoms with van der Waals surface area (Å²) in [6, 6.07) is 0. The van der Waals surface area contributed by atoms with Gasteiger partial charge in [-0.15, -0.1) is 0 Å². The summed E-state index contributed by atoms with van der Waals surface area (Å²) in [5.74, 6) is 2.10. The van der Waals surface area contributed by atoms with Gasteiger partial charge in [-0.3, -0.25) is 4.79 Å². The third kappa shape index (κ3) is 5.84. The molecule has 0 aromatic rings. The van der Waals surface area contributed by atoms with Crippen LogP contribution in [0.1, 0.15) is 85.0 Å². The van der Waals surface area contributed by atoms with Gasteiger partial charge in [0.05, 0.1) is 28.1 Å².